The summed E-state index contributed by atoms with van der Waals surface area (Å²) in [7, 11) is 0. The van der Waals surface area contributed by atoms with Crippen LogP contribution < -0.4 is 0 Å². The second-order valence-corrected chi connectivity index (χ2v) is 3.18. The van der Waals surface area contributed by atoms with Crippen LogP contribution in [-0.2, 0) is 6.54 Å². The zero-order valence-electron chi connectivity index (χ0n) is 6.92. The summed E-state index contributed by atoms with van der Waals surface area (Å²) in [6, 6.07) is 5.60. The molecule has 3 nitrogen and oxygen atoms in total. The maximum Gasteiger partial charge on any atom is 0.0915 e. The van der Waals surface area contributed by atoms with Crippen molar-refractivity contribution in [2.75, 3.05) is 0 Å². The third-order valence-electron chi connectivity index (χ3n) is 1.87. The molecule has 0 saturated carbocycles. The summed E-state index contributed by atoms with van der Waals surface area (Å²) in [6.45, 7) is 3.94. The second kappa shape index (κ2) is 3.18. The lowest BCUT2D eigenvalue weighted by atomic mass is 10.2. The molecule has 0 radical (unpaired) electrons. The summed E-state index contributed by atoms with van der Waals surface area (Å²) < 4.78 is 0. The van der Waals surface area contributed by atoms with E-state index in [0.29, 0.717) is 11.6 Å². The summed E-state index contributed by atoms with van der Waals surface area (Å²) in [5, 5.41) is 8.73. The van der Waals surface area contributed by atoms with Gasteiger partial charge >= 0.3 is 0 Å². The van der Waals surface area contributed by atoms with Gasteiger partial charge in [0.05, 0.1) is 17.8 Å². The topological polar surface area (TPSA) is 41.0 Å². The molecule has 0 spiro atoms. The first-order chi connectivity index (χ1) is 6.31. The summed E-state index contributed by atoms with van der Waals surface area (Å²) in [6.07, 6.45) is 0. The predicted molar refractivity (Wildman–Crippen MR) is 54.4 cm³/mol. The maximum absolute atomic E-state index is 5.86. The fourth-order valence-corrected chi connectivity index (χ4v) is 1.44. The number of aromatic amines is 1. The van der Waals surface area contributed by atoms with Crippen molar-refractivity contribution in [1.29, 1.82) is 0 Å². The van der Waals surface area contributed by atoms with E-state index in [1.54, 1.807) is 0 Å². The molecule has 0 fully saturated rings. The number of halogens is 1. The van der Waals surface area contributed by atoms with Crippen LogP contribution in [0.2, 0.25) is 5.02 Å². The first kappa shape index (κ1) is 8.26. The van der Waals surface area contributed by atoms with Gasteiger partial charge in [-0.15, -0.1) is 0 Å². The third kappa shape index (κ3) is 1.42. The fraction of sp³-hybridized carbons (Fsp3) is 0.111. The lowest BCUT2D eigenvalue weighted by Crippen LogP contribution is -1.80. The highest BCUT2D eigenvalue weighted by molar-refractivity contribution is 6.31. The molecule has 2 rings (SSSR count). The molecule has 66 valence electrons. The van der Waals surface area contributed by atoms with Gasteiger partial charge < -0.3 is 0 Å². The van der Waals surface area contributed by atoms with Gasteiger partial charge in [-0.25, -0.2) is 0 Å². The number of hydrogen-bond donors (Lipinski definition) is 1. The lowest BCUT2D eigenvalue weighted by molar-refractivity contribution is 0.965. The number of hydrogen-bond acceptors (Lipinski definition) is 2. The molecule has 1 aromatic carbocycles. The van der Waals surface area contributed by atoms with Crippen molar-refractivity contribution in [3.8, 4) is 0 Å². The molecule has 13 heavy (non-hydrogen) atoms. The highest BCUT2D eigenvalue weighted by Gasteiger charge is 2.04. The van der Waals surface area contributed by atoms with Crippen molar-refractivity contribution in [2.45, 2.75) is 6.54 Å². The van der Waals surface area contributed by atoms with Crippen LogP contribution in [0.1, 0.15) is 5.69 Å². The Morgan fingerprint density at radius 1 is 1.54 bits per heavy atom. The van der Waals surface area contributed by atoms with Crippen molar-refractivity contribution >= 4 is 29.2 Å². The maximum atomic E-state index is 5.86. The molecule has 2 aromatic rings. The van der Waals surface area contributed by atoms with E-state index >= 15 is 0 Å². The van der Waals surface area contributed by atoms with Crippen molar-refractivity contribution in [3.63, 3.8) is 0 Å². The normalized spacial score (nSPS) is 10.5. The quantitative estimate of drug-likeness (QED) is 0.732. The van der Waals surface area contributed by atoms with Gasteiger partial charge in [0.2, 0.25) is 0 Å². The van der Waals surface area contributed by atoms with E-state index in [4.69, 9.17) is 11.6 Å². The number of rotatable bonds is 2. The molecule has 1 heterocycles. The van der Waals surface area contributed by atoms with Gasteiger partial charge in [-0.1, -0.05) is 11.6 Å². The largest absolute Gasteiger partial charge is 0.294 e. The van der Waals surface area contributed by atoms with Crippen LogP contribution in [0.15, 0.2) is 23.2 Å². The number of H-pyrrole nitrogens is 1. The number of nitrogens with zero attached hydrogens (tertiary/aromatic N) is 2. The minimum absolute atomic E-state index is 0.514. The smallest absolute Gasteiger partial charge is 0.0915 e. The molecule has 0 unspecified atom stereocenters. The van der Waals surface area contributed by atoms with Gasteiger partial charge in [-0.2, -0.15) is 5.10 Å². The molecule has 1 aromatic heterocycles. The Morgan fingerprint density at radius 2 is 2.38 bits per heavy atom. The van der Waals surface area contributed by atoms with Crippen molar-refractivity contribution in [3.05, 3.63) is 28.9 Å². The summed E-state index contributed by atoms with van der Waals surface area (Å²) in [5.74, 6) is 0. The average Bonchev–Trinajstić information content (AvgIpc) is 2.49. The van der Waals surface area contributed by atoms with Crippen LogP contribution in [0.25, 0.3) is 10.9 Å². The molecule has 0 saturated heterocycles. The van der Waals surface area contributed by atoms with Crippen molar-refractivity contribution < 1.29 is 0 Å². The highest BCUT2D eigenvalue weighted by Crippen LogP contribution is 2.20. The zero-order valence-corrected chi connectivity index (χ0v) is 7.67. The van der Waals surface area contributed by atoms with E-state index < -0.39 is 0 Å². The monoisotopic (exact) mass is 193 g/mol. The summed E-state index contributed by atoms with van der Waals surface area (Å²) >= 11 is 5.86. The molecule has 0 aliphatic rings. The summed E-state index contributed by atoms with van der Waals surface area (Å²) in [4.78, 5) is 3.78. The third-order valence-corrected chi connectivity index (χ3v) is 2.10. The molecule has 4 heteroatoms. The average molecular weight is 194 g/mol. The van der Waals surface area contributed by atoms with E-state index in [2.05, 4.69) is 21.9 Å². The Bertz CT molecular complexity index is 447. The standard InChI is InChI=1S/C9H8ClN3/c1-11-5-9-7-4-6(10)2-3-8(7)12-13-9/h2-4H,1,5H2,(H,12,13). The molecular weight excluding hydrogens is 186 g/mol. The van der Waals surface area contributed by atoms with Gasteiger partial charge in [-0.3, -0.25) is 10.1 Å². The molecular formula is C9H8ClN3. The predicted octanol–water partition coefficient (Wildman–Crippen LogP) is 2.42. The van der Waals surface area contributed by atoms with Crippen LogP contribution in [0, 0.1) is 0 Å². The number of nitrogens with one attached hydrogen (secondary N) is 1. The molecule has 0 aliphatic heterocycles. The number of aromatic nitrogens is 2. The van der Waals surface area contributed by atoms with E-state index in [1.807, 2.05) is 18.2 Å². The minimum atomic E-state index is 0.514. The Kier molecular flexibility index (Phi) is 2.02. The Hall–Kier alpha value is -1.35. The SMILES string of the molecule is C=NCc1n[nH]c2ccc(Cl)cc12. The van der Waals surface area contributed by atoms with E-state index in [1.165, 1.54) is 0 Å². The molecule has 1 N–H and O–H groups in total. The van der Waals surface area contributed by atoms with Crippen molar-refractivity contribution in [1.82, 2.24) is 10.2 Å². The first-order valence-electron chi connectivity index (χ1n) is 3.86. The van der Waals surface area contributed by atoms with Crippen LogP contribution >= 0.6 is 11.6 Å². The van der Waals surface area contributed by atoms with Gasteiger partial charge in [0, 0.05) is 10.4 Å². The molecule has 0 atom stereocenters. The number of benzene rings is 1. The van der Waals surface area contributed by atoms with E-state index in [-0.39, 0.29) is 0 Å². The number of fused-ring (bicyclic) bond motifs is 1. The molecule has 0 amide bonds. The minimum Gasteiger partial charge on any atom is -0.294 e. The Morgan fingerprint density at radius 3 is 3.15 bits per heavy atom. The van der Waals surface area contributed by atoms with Gasteiger partial charge in [-0.05, 0) is 24.9 Å². The van der Waals surface area contributed by atoms with Crippen LogP contribution in [0.5, 0.6) is 0 Å². The Balaban J connectivity index is 2.64. The lowest BCUT2D eigenvalue weighted by Gasteiger charge is -1.92. The highest BCUT2D eigenvalue weighted by atomic mass is 35.5. The summed E-state index contributed by atoms with van der Waals surface area (Å²) in [5.41, 5.74) is 1.86. The first-order valence-corrected chi connectivity index (χ1v) is 4.24. The van der Waals surface area contributed by atoms with Crippen LogP contribution in [-0.4, -0.2) is 16.9 Å². The number of aliphatic imine (C=N–C) groups is 1. The van der Waals surface area contributed by atoms with Gasteiger partial charge in [0.1, 0.15) is 0 Å². The zero-order chi connectivity index (χ0) is 9.26. The van der Waals surface area contributed by atoms with E-state index in [9.17, 15) is 0 Å². The second-order valence-electron chi connectivity index (χ2n) is 2.74. The van der Waals surface area contributed by atoms with Crippen molar-refractivity contribution in [2.24, 2.45) is 4.99 Å². The van der Waals surface area contributed by atoms with Crippen LogP contribution in [0.4, 0.5) is 0 Å². The molecule has 0 aliphatic carbocycles. The fourth-order valence-electron chi connectivity index (χ4n) is 1.27. The van der Waals surface area contributed by atoms with Gasteiger partial charge in [0.25, 0.3) is 0 Å². The van der Waals surface area contributed by atoms with E-state index in [0.717, 1.165) is 16.6 Å². The van der Waals surface area contributed by atoms with Gasteiger partial charge in [0.15, 0.2) is 0 Å². The molecule has 0 bridgehead atoms. The van der Waals surface area contributed by atoms with Crippen LogP contribution in [0.3, 0.4) is 0 Å². The Labute approximate surface area is 80.4 Å².